The minimum Gasteiger partial charge on any atom is -0.465 e. The van der Waals surface area contributed by atoms with Crippen LogP contribution in [0.5, 0.6) is 0 Å². The van der Waals surface area contributed by atoms with Crippen LogP contribution in [0, 0.1) is 0 Å². The van der Waals surface area contributed by atoms with Gasteiger partial charge >= 0.3 is 6.09 Å². The molecule has 5 heteroatoms. The Balaban J connectivity index is 2.19. The average Bonchev–Trinajstić information content (AvgIpc) is 2.85. The van der Waals surface area contributed by atoms with Gasteiger partial charge in [0.25, 0.3) is 0 Å². The van der Waals surface area contributed by atoms with E-state index >= 15 is 0 Å². The van der Waals surface area contributed by atoms with Gasteiger partial charge in [-0.25, -0.2) is 4.79 Å². The van der Waals surface area contributed by atoms with Crippen LogP contribution >= 0.6 is 0 Å². The molecule has 1 heterocycles. The van der Waals surface area contributed by atoms with Crippen molar-refractivity contribution in [1.82, 2.24) is 5.16 Å². The molecule has 0 saturated carbocycles. The average molecular weight is 260 g/mol. The molecule has 1 aromatic heterocycles. The summed E-state index contributed by atoms with van der Waals surface area (Å²) in [5, 5.41) is 13.2. The second-order valence-electron chi connectivity index (χ2n) is 4.58. The van der Waals surface area contributed by atoms with Crippen LogP contribution in [0.2, 0.25) is 0 Å². The molecule has 0 fully saturated rings. The molecule has 1 N–H and O–H groups in total. The molecule has 0 aliphatic heterocycles. The van der Waals surface area contributed by atoms with Gasteiger partial charge < -0.3 is 9.63 Å². The molecule has 0 radical (unpaired) electrons. The van der Waals surface area contributed by atoms with Crippen LogP contribution in [0.4, 0.5) is 10.5 Å². The standard InChI is InChI=1S/C14H16N2O3/c1-10(2)13-8-12(19-15-13)9-16(14(17)18)11-6-4-3-5-7-11/h3-8,10H,9H2,1-2H3,(H,17,18). The molecule has 0 saturated heterocycles. The van der Waals surface area contributed by atoms with Gasteiger partial charge in [0.05, 0.1) is 12.2 Å². The first-order valence-electron chi connectivity index (χ1n) is 6.09. The van der Waals surface area contributed by atoms with Crippen LogP contribution in [0.15, 0.2) is 40.9 Å². The van der Waals surface area contributed by atoms with Crippen LogP contribution < -0.4 is 4.90 Å². The molecule has 0 aliphatic carbocycles. The van der Waals surface area contributed by atoms with Gasteiger partial charge in [-0.3, -0.25) is 4.90 Å². The lowest BCUT2D eigenvalue weighted by Gasteiger charge is -2.17. The van der Waals surface area contributed by atoms with Gasteiger partial charge in [-0.1, -0.05) is 37.2 Å². The summed E-state index contributed by atoms with van der Waals surface area (Å²) in [5.74, 6) is 0.794. The number of benzene rings is 1. The van der Waals surface area contributed by atoms with E-state index in [0.717, 1.165) is 5.69 Å². The Labute approximate surface area is 111 Å². The fourth-order valence-corrected chi connectivity index (χ4v) is 1.71. The molecule has 19 heavy (non-hydrogen) atoms. The van der Waals surface area contributed by atoms with Crippen LogP contribution in [0.25, 0.3) is 0 Å². The first-order chi connectivity index (χ1) is 9.08. The second kappa shape index (κ2) is 5.56. The highest BCUT2D eigenvalue weighted by molar-refractivity contribution is 5.85. The second-order valence-corrected chi connectivity index (χ2v) is 4.58. The number of para-hydroxylation sites is 1. The fourth-order valence-electron chi connectivity index (χ4n) is 1.71. The van der Waals surface area contributed by atoms with Crippen molar-refractivity contribution in [3.05, 3.63) is 47.9 Å². The summed E-state index contributed by atoms with van der Waals surface area (Å²) in [6, 6.07) is 10.7. The van der Waals surface area contributed by atoms with E-state index in [4.69, 9.17) is 4.52 Å². The van der Waals surface area contributed by atoms with Gasteiger partial charge in [0.2, 0.25) is 0 Å². The maximum absolute atomic E-state index is 11.3. The van der Waals surface area contributed by atoms with Crippen molar-refractivity contribution in [3.63, 3.8) is 0 Å². The summed E-state index contributed by atoms with van der Waals surface area (Å²) < 4.78 is 5.17. The first kappa shape index (κ1) is 13.1. The monoisotopic (exact) mass is 260 g/mol. The van der Waals surface area contributed by atoms with E-state index in [1.807, 2.05) is 19.9 Å². The van der Waals surface area contributed by atoms with Gasteiger partial charge in [0, 0.05) is 11.8 Å². The molecule has 0 bridgehead atoms. The summed E-state index contributed by atoms with van der Waals surface area (Å²) >= 11 is 0. The summed E-state index contributed by atoms with van der Waals surface area (Å²) in [5.41, 5.74) is 1.44. The van der Waals surface area contributed by atoms with E-state index in [0.29, 0.717) is 11.4 Å². The van der Waals surface area contributed by atoms with Crippen molar-refractivity contribution in [2.75, 3.05) is 4.90 Å². The molecule has 0 spiro atoms. The van der Waals surface area contributed by atoms with Gasteiger partial charge in [-0.05, 0) is 18.1 Å². The minimum atomic E-state index is -1.02. The van der Waals surface area contributed by atoms with Gasteiger partial charge in [0.1, 0.15) is 0 Å². The highest BCUT2D eigenvalue weighted by Crippen LogP contribution is 2.19. The normalized spacial score (nSPS) is 10.7. The Morgan fingerprint density at radius 1 is 1.37 bits per heavy atom. The number of aromatic nitrogens is 1. The molecule has 5 nitrogen and oxygen atoms in total. The van der Waals surface area contributed by atoms with Gasteiger partial charge in [-0.2, -0.15) is 0 Å². The summed E-state index contributed by atoms with van der Waals surface area (Å²) in [4.78, 5) is 12.5. The van der Waals surface area contributed by atoms with Crippen molar-refractivity contribution in [2.24, 2.45) is 0 Å². The number of hydrogen-bond acceptors (Lipinski definition) is 3. The third-order valence-corrected chi connectivity index (χ3v) is 2.78. The number of nitrogens with zero attached hydrogens (tertiary/aromatic N) is 2. The summed E-state index contributed by atoms with van der Waals surface area (Å²) in [6.45, 7) is 4.17. The third kappa shape index (κ3) is 3.13. The van der Waals surface area contributed by atoms with E-state index < -0.39 is 6.09 Å². The first-order valence-corrected chi connectivity index (χ1v) is 6.09. The Bertz CT molecular complexity index is 549. The van der Waals surface area contributed by atoms with Crippen molar-refractivity contribution < 1.29 is 14.4 Å². The topological polar surface area (TPSA) is 66.6 Å². The molecule has 0 unspecified atom stereocenters. The Morgan fingerprint density at radius 3 is 2.58 bits per heavy atom. The molecule has 0 atom stereocenters. The van der Waals surface area contributed by atoms with Crippen LogP contribution in [-0.2, 0) is 6.54 Å². The van der Waals surface area contributed by atoms with Crippen LogP contribution in [0.1, 0.15) is 31.2 Å². The van der Waals surface area contributed by atoms with E-state index in [1.165, 1.54) is 4.90 Å². The van der Waals surface area contributed by atoms with E-state index in [2.05, 4.69) is 5.16 Å². The van der Waals surface area contributed by atoms with E-state index in [-0.39, 0.29) is 12.5 Å². The number of anilines is 1. The maximum Gasteiger partial charge on any atom is 0.412 e. The zero-order chi connectivity index (χ0) is 13.8. The SMILES string of the molecule is CC(C)c1cc(CN(C(=O)O)c2ccccc2)on1. The van der Waals surface area contributed by atoms with Crippen LogP contribution in [-0.4, -0.2) is 16.4 Å². The van der Waals surface area contributed by atoms with E-state index in [9.17, 15) is 9.90 Å². The van der Waals surface area contributed by atoms with Gasteiger partial charge in [0.15, 0.2) is 5.76 Å². The number of carbonyl (C=O) groups is 1. The lowest BCUT2D eigenvalue weighted by atomic mass is 10.1. The third-order valence-electron chi connectivity index (χ3n) is 2.78. The molecular formula is C14H16N2O3. The maximum atomic E-state index is 11.3. The smallest absolute Gasteiger partial charge is 0.412 e. The quantitative estimate of drug-likeness (QED) is 0.913. The predicted octanol–water partition coefficient (Wildman–Crippen LogP) is 3.48. The molecule has 2 rings (SSSR count). The minimum absolute atomic E-state index is 0.152. The molecule has 2 aromatic rings. The summed E-state index contributed by atoms with van der Waals surface area (Å²) in [7, 11) is 0. The van der Waals surface area contributed by atoms with Crippen molar-refractivity contribution in [2.45, 2.75) is 26.3 Å². The highest BCUT2D eigenvalue weighted by Gasteiger charge is 2.17. The molecular weight excluding hydrogens is 244 g/mol. The van der Waals surface area contributed by atoms with Gasteiger partial charge in [-0.15, -0.1) is 0 Å². The molecule has 0 aliphatic rings. The van der Waals surface area contributed by atoms with Crippen molar-refractivity contribution in [3.8, 4) is 0 Å². The molecule has 100 valence electrons. The van der Waals surface area contributed by atoms with E-state index in [1.54, 1.807) is 30.3 Å². The lowest BCUT2D eigenvalue weighted by Crippen LogP contribution is -2.28. The zero-order valence-corrected chi connectivity index (χ0v) is 10.9. The highest BCUT2D eigenvalue weighted by atomic mass is 16.5. The number of rotatable bonds is 4. The zero-order valence-electron chi connectivity index (χ0n) is 10.9. The number of amides is 1. The lowest BCUT2D eigenvalue weighted by molar-refractivity contribution is 0.200. The summed E-state index contributed by atoms with van der Waals surface area (Å²) in [6.07, 6.45) is -1.02. The number of hydrogen-bond donors (Lipinski definition) is 1. The molecule has 1 amide bonds. The fraction of sp³-hybridized carbons (Fsp3) is 0.286. The van der Waals surface area contributed by atoms with Crippen molar-refractivity contribution >= 4 is 11.8 Å². The Morgan fingerprint density at radius 2 is 2.05 bits per heavy atom. The van der Waals surface area contributed by atoms with Crippen LogP contribution in [0.3, 0.4) is 0 Å². The largest absolute Gasteiger partial charge is 0.465 e. The molecule has 1 aromatic carbocycles. The van der Waals surface area contributed by atoms with Crippen molar-refractivity contribution in [1.29, 1.82) is 0 Å². The predicted molar refractivity (Wildman–Crippen MR) is 71.2 cm³/mol. The Hall–Kier alpha value is -2.30. The number of carboxylic acid groups (broad SMARTS) is 1. The Kier molecular flexibility index (Phi) is 3.85.